The number of nitrogens with one attached hydrogen (secondary N) is 1. The topological polar surface area (TPSA) is 92.7 Å². The van der Waals surface area contributed by atoms with E-state index in [1.54, 1.807) is 0 Å². The van der Waals surface area contributed by atoms with Gasteiger partial charge in [0.2, 0.25) is 11.8 Å². The van der Waals surface area contributed by atoms with Crippen molar-refractivity contribution < 1.29 is 24.2 Å². The third kappa shape index (κ3) is 4.11. The van der Waals surface area contributed by atoms with E-state index in [0.29, 0.717) is 6.42 Å². The van der Waals surface area contributed by atoms with Crippen LogP contribution in [0.2, 0.25) is 0 Å². The molecule has 2 saturated carbocycles. The van der Waals surface area contributed by atoms with E-state index in [9.17, 15) is 19.5 Å². The Morgan fingerprint density at radius 1 is 1.34 bits per heavy atom. The maximum Gasteiger partial charge on any atom is 0.303 e. The van der Waals surface area contributed by atoms with Crippen LogP contribution in [-0.2, 0) is 19.1 Å². The maximum atomic E-state index is 12.1. The fourth-order valence-electron chi connectivity index (χ4n) is 6.32. The monoisotopic (exact) mass is 425 g/mol. The fraction of sp³-hybridized carbons (Fsp3) is 0.773. The first-order chi connectivity index (χ1) is 13.3. The van der Waals surface area contributed by atoms with Crippen LogP contribution in [0.5, 0.6) is 0 Å². The van der Waals surface area contributed by atoms with Crippen molar-refractivity contribution in [1.82, 2.24) is 5.32 Å². The minimum atomic E-state index is -0.976. The molecule has 1 heterocycles. The van der Waals surface area contributed by atoms with Gasteiger partial charge in [0, 0.05) is 18.7 Å². The maximum absolute atomic E-state index is 12.1. The van der Waals surface area contributed by atoms with Crippen molar-refractivity contribution in [2.45, 2.75) is 77.4 Å². The Morgan fingerprint density at radius 2 is 2.00 bits per heavy atom. The number of hydrogen-bond donors (Lipinski definition) is 2. The molecule has 29 heavy (non-hydrogen) atoms. The molecule has 1 aliphatic heterocycles. The number of alkyl halides is 1. The Morgan fingerprint density at radius 3 is 2.55 bits per heavy atom. The highest BCUT2D eigenvalue weighted by Crippen LogP contribution is 2.63. The number of halogens is 1. The molecular weight excluding hydrogens is 394 g/mol. The van der Waals surface area contributed by atoms with E-state index >= 15 is 0 Å². The van der Waals surface area contributed by atoms with Gasteiger partial charge < -0.3 is 9.84 Å². The summed E-state index contributed by atoms with van der Waals surface area (Å²) in [4.78, 5) is 35.4. The van der Waals surface area contributed by atoms with E-state index in [4.69, 9.17) is 16.3 Å². The first-order valence-corrected chi connectivity index (χ1v) is 10.8. The Bertz CT molecular complexity index is 735. The van der Waals surface area contributed by atoms with E-state index in [-0.39, 0.29) is 52.8 Å². The Labute approximate surface area is 177 Å². The Balaban J connectivity index is 1.93. The average molecular weight is 426 g/mol. The first-order valence-electron chi connectivity index (χ1n) is 10.4. The number of rotatable bonds is 4. The van der Waals surface area contributed by atoms with E-state index in [1.165, 1.54) is 6.92 Å². The van der Waals surface area contributed by atoms with E-state index in [0.717, 1.165) is 18.4 Å². The highest BCUT2D eigenvalue weighted by molar-refractivity contribution is 6.20. The summed E-state index contributed by atoms with van der Waals surface area (Å²) in [7, 11) is 0. The van der Waals surface area contributed by atoms with Crippen LogP contribution in [0.3, 0.4) is 0 Å². The minimum Gasteiger partial charge on any atom is -0.458 e. The molecule has 0 aromatic heterocycles. The number of carbonyl (C=O) groups is 3. The van der Waals surface area contributed by atoms with Gasteiger partial charge >= 0.3 is 5.97 Å². The lowest BCUT2D eigenvalue weighted by Gasteiger charge is -2.60. The molecule has 162 valence electrons. The summed E-state index contributed by atoms with van der Waals surface area (Å²) in [6.07, 6.45) is 1.19. The van der Waals surface area contributed by atoms with Gasteiger partial charge in [0.05, 0.1) is 12.0 Å². The smallest absolute Gasteiger partial charge is 0.303 e. The second-order valence-corrected chi connectivity index (χ2v) is 10.7. The predicted molar refractivity (Wildman–Crippen MR) is 109 cm³/mol. The summed E-state index contributed by atoms with van der Waals surface area (Å²) in [5, 5.41) is 13.1. The molecule has 7 unspecified atom stereocenters. The van der Waals surface area contributed by atoms with Crippen LogP contribution in [0.25, 0.3) is 0 Å². The van der Waals surface area contributed by atoms with Crippen LogP contribution in [0.4, 0.5) is 0 Å². The van der Waals surface area contributed by atoms with Gasteiger partial charge in [-0.2, -0.15) is 0 Å². The number of imide groups is 1. The molecule has 0 radical (unpaired) electrons. The third-order valence-electron chi connectivity index (χ3n) is 7.51. The summed E-state index contributed by atoms with van der Waals surface area (Å²) in [6.45, 7) is 12.2. The van der Waals surface area contributed by atoms with Gasteiger partial charge in [0.15, 0.2) is 0 Å². The summed E-state index contributed by atoms with van der Waals surface area (Å²) >= 11 is 6.66. The predicted octanol–water partition coefficient (Wildman–Crippen LogP) is 2.96. The van der Waals surface area contributed by atoms with Gasteiger partial charge in [-0.1, -0.05) is 27.4 Å². The molecule has 0 aromatic carbocycles. The standard InChI is InChI=1S/C22H32ClNO5/c1-11-15(7-16(26)14-6-19(27)24-20(14)28)22(5)10-13(23)9-21(3,4)18(22)8-17(11)29-12(2)25/h13-18,26H,1,6-10H2,2-5H3,(H,24,27,28). The molecule has 1 saturated heterocycles. The van der Waals surface area contributed by atoms with Crippen LogP contribution >= 0.6 is 11.6 Å². The van der Waals surface area contributed by atoms with Crippen LogP contribution in [0.15, 0.2) is 12.2 Å². The summed E-state index contributed by atoms with van der Waals surface area (Å²) in [5.41, 5.74) is 0.453. The van der Waals surface area contributed by atoms with Crippen molar-refractivity contribution in [2.24, 2.45) is 28.6 Å². The molecule has 6 nitrogen and oxygen atoms in total. The van der Waals surface area contributed by atoms with Crippen LogP contribution in [-0.4, -0.2) is 40.5 Å². The Kier molecular flexibility index (Phi) is 5.91. The van der Waals surface area contributed by atoms with E-state index < -0.39 is 24.0 Å². The number of aliphatic hydroxyl groups is 1. The number of esters is 1. The zero-order valence-electron chi connectivity index (χ0n) is 17.7. The summed E-state index contributed by atoms with van der Waals surface area (Å²) in [6, 6.07) is 0. The molecule has 3 aliphatic rings. The molecule has 3 fully saturated rings. The van der Waals surface area contributed by atoms with E-state index in [2.05, 4.69) is 32.7 Å². The van der Waals surface area contributed by atoms with E-state index in [1.807, 2.05) is 0 Å². The van der Waals surface area contributed by atoms with Crippen LogP contribution in [0, 0.1) is 28.6 Å². The highest BCUT2D eigenvalue weighted by atomic mass is 35.5. The van der Waals surface area contributed by atoms with Gasteiger partial charge in [-0.3, -0.25) is 19.7 Å². The van der Waals surface area contributed by atoms with Crippen molar-refractivity contribution in [3.05, 3.63) is 12.2 Å². The lowest BCUT2D eigenvalue weighted by molar-refractivity contribution is -0.154. The normalized spacial score (nSPS) is 40.2. The van der Waals surface area contributed by atoms with Crippen molar-refractivity contribution in [3.8, 4) is 0 Å². The summed E-state index contributed by atoms with van der Waals surface area (Å²) < 4.78 is 5.61. The lowest BCUT2D eigenvalue weighted by atomic mass is 9.46. The van der Waals surface area contributed by atoms with Gasteiger partial charge in [-0.15, -0.1) is 11.6 Å². The van der Waals surface area contributed by atoms with Crippen molar-refractivity contribution in [1.29, 1.82) is 0 Å². The molecule has 0 aromatic rings. The molecule has 7 heteroatoms. The molecule has 2 N–H and O–H groups in total. The second kappa shape index (κ2) is 7.69. The van der Waals surface area contributed by atoms with Gasteiger partial charge in [-0.05, 0) is 53.9 Å². The number of amides is 2. The van der Waals surface area contributed by atoms with Crippen LogP contribution in [0.1, 0.15) is 59.8 Å². The largest absolute Gasteiger partial charge is 0.458 e. The third-order valence-corrected chi connectivity index (χ3v) is 7.82. The minimum absolute atomic E-state index is 0.000301. The molecule has 0 spiro atoms. The lowest BCUT2D eigenvalue weighted by Crippen LogP contribution is -2.56. The average Bonchev–Trinajstić information content (AvgIpc) is 2.90. The number of ether oxygens (including phenoxy) is 1. The fourth-order valence-corrected chi connectivity index (χ4v) is 7.05. The van der Waals surface area contributed by atoms with Crippen molar-refractivity contribution >= 4 is 29.4 Å². The van der Waals surface area contributed by atoms with Gasteiger partial charge in [0.1, 0.15) is 6.10 Å². The molecule has 2 aliphatic carbocycles. The van der Waals surface area contributed by atoms with Crippen LogP contribution < -0.4 is 5.32 Å². The van der Waals surface area contributed by atoms with Crippen molar-refractivity contribution in [3.63, 3.8) is 0 Å². The number of hydrogen-bond acceptors (Lipinski definition) is 5. The van der Waals surface area contributed by atoms with Gasteiger partial charge in [0.25, 0.3) is 0 Å². The molecule has 7 atom stereocenters. The molecule has 3 rings (SSSR count). The number of fused-ring (bicyclic) bond motifs is 1. The van der Waals surface area contributed by atoms with Gasteiger partial charge in [-0.25, -0.2) is 0 Å². The molecular formula is C22H32ClNO5. The zero-order chi connectivity index (χ0) is 21.7. The first kappa shape index (κ1) is 22.3. The van der Waals surface area contributed by atoms with Crippen molar-refractivity contribution in [2.75, 3.05) is 0 Å². The second-order valence-electron chi connectivity index (χ2n) is 10.0. The SMILES string of the molecule is C=C1C(OC(C)=O)CC2C(C)(C)CC(Cl)CC2(C)C1CC(O)C1CC(=O)NC1=O. The molecule has 0 bridgehead atoms. The number of carbonyl (C=O) groups excluding carboxylic acids is 3. The zero-order valence-corrected chi connectivity index (χ0v) is 18.4. The summed E-state index contributed by atoms with van der Waals surface area (Å²) in [5.74, 6) is -1.86. The Hall–Kier alpha value is -1.40. The quantitative estimate of drug-likeness (QED) is 0.312. The number of aliphatic hydroxyl groups excluding tert-OH is 1. The molecule has 2 amide bonds. The highest BCUT2D eigenvalue weighted by Gasteiger charge is 2.58.